The van der Waals surface area contributed by atoms with Crippen molar-refractivity contribution in [3.05, 3.63) is 71.9 Å². The summed E-state index contributed by atoms with van der Waals surface area (Å²) in [5, 5.41) is 15.5. The number of nitrogens with one attached hydrogen (secondary N) is 2. The highest BCUT2D eigenvalue weighted by atomic mass is 16.3. The Hall–Kier alpha value is -3.41. The second kappa shape index (κ2) is 7.44. The zero-order valence-corrected chi connectivity index (χ0v) is 13.4. The number of pyridine rings is 1. The van der Waals surface area contributed by atoms with E-state index in [0.717, 1.165) is 10.9 Å². The van der Waals surface area contributed by atoms with Crippen LogP contribution in [0.5, 0.6) is 5.75 Å². The van der Waals surface area contributed by atoms with Gasteiger partial charge in [0.15, 0.2) is 0 Å². The Labute approximate surface area is 144 Å². The van der Waals surface area contributed by atoms with Gasteiger partial charge in [0.2, 0.25) is 0 Å². The molecule has 0 fully saturated rings. The van der Waals surface area contributed by atoms with Gasteiger partial charge in [-0.2, -0.15) is 0 Å². The molecule has 0 spiro atoms. The summed E-state index contributed by atoms with van der Waals surface area (Å²) in [5.74, 6) is -0.366. The number of para-hydroxylation sites is 1. The standard InChI is InChI=1S/C19H17N3O3/c23-14-7-5-13(6-8-14)18(24)21-11-12-22-19(25)16-9-10-20-17-4-2-1-3-15(16)17/h1-10,23H,11-12H2,(H,21,24)(H,22,25). The molecular formula is C19H17N3O3. The highest BCUT2D eigenvalue weighted by Crippen LogP contribution is 2.15. The number of phenols is 1. The number of phenolic OH excluding ortho intramolecular Hbond substituents is 1. The third-order valence-corrected chi connectivity index (χ3v) is 3.72. The van der Waals surface area contributed by atoms with Crippen molar-refractivity contribution in [2.24, 2.45) is 0 Å². The van der Waals surface area contributed by atoms with Gasteiger partial charge in [0.1, 0.15) is 5.75 Å². The quantitative estimate of drug-likeness (QED) is 0.623. The van der Waals surface area contributed by atoms with Gasteiger partial charge in [-0.05, 0) is 36.4 Å². The molecule has 0 saturated heterocycles. The molecule has 6 heteroatoms. The SMILES string of the molecule is O=C(NCCNC(=O)c1ccnc2ccccc12)c1ccc(O)cc1. The van der Waals surface area contributed by atoms with Crippen molar-refractivity contribution in [1.82, 2.24) is 15.6 Å². The molecule has 0 aliphatic rings. The van der Waals surface area contributed by atoms with E-state index >= 15 is 0 Å². The maximum Gasteiger partial charge on any atom is 0.252 e. The molecule has 0 atom stereocenters. The molecule has 3 aromatic rings. The van der Waals surface area contributed by atoms with Crippen molar-refractivity contribution in [2.75, 3.05) is 13.1 Å². The first-order valence-electron chi connectivity index (χ1n) is 7.84. The van der Waals surface area contributed by atoms with Crippen LogP contribution in [0.15, 0.2) is 60.8 Å². The minimum absolute atomic E-state index is 0.105. The largest absolute Gasteiger partial charge is 0.508 e. The molecule has 3 N–H and O–H groups in total. The van der Waals surface area contributed by atoms with Crippen LogP contribution >= 0.6 is 0 Å². The molecule has 6 nitrogen and oxygen atoms in total. The molecule has 3 rings (SSSR count). The van der Waals surface area contributed by atoms with E-state index in [9.17, 15) is 14.7 Å². The maximum absolute atomic E-state index is 12.3. The minimum Gasteiger partial charge on any atom is -0.508 e. The Kier molecular flexibility index (Phi) is 4.89. The minimum atomic E-state index is -0.261. The summed E-state index contributed by atoms with van der Waals surface area (Å²) in [5.41, 5.74) is 1.76. The average Bonchev–Trinajstić information content (AvgIpc) is 2.65. The predicted molar refractivity (Wildman–Crippen MR) is 94.5 cm³/mol. The van der Waals surface area contributed by atoms with Gasteiger partial charge in [-0.25, -0.2) is 0 Å². The van der Waals surface area contributed by atoms with Gasteiger partial charge in [-0.15, -0.1) is 0 Å². The van der Waals surface area contributed by atoms with Gasteiger partial charge in [0.05, 0.1) is 11.1 Å². The summed E-state index contributed by atoms with van der Waals surface area (Å²) >= 11 is 0. The van der Waals surface area contributed by atoms with E-state index in [0.29, 0.717) is 24.2 Å². The van der Waals surface area contributed by atoms with Crippen LogP contribution in [-0.4, -0.2) is 35.0 Å². The van der Waals surface area contributed by atoms with E-state index in [1.165, 1.54) is 24.3 Å². The van der Waals surface area contributed by atoms with Gasteiger partial charge >= 0.3 is 0 Å². The Bertz CT molecular complexity index is 902. The van der Waals surface area contributed by atoms with Crippen LogP contribution in [0.3, 0.4) is 0 Å². The van der Waals surface area contributed by atoms with Crippen LogP contribution in [0.1, 0.15) is 20.7 Å². The molecule has 0 radical (unpaired) electrons. The zero-order valence-electron chi connectivity index (χ0n) is 13.4. The Morgan fingerprint density at radius 1 is 0.880 bits per heavy atom. The number of carbonyl (C=O) groups is 2. The molecule has 1 aromatic heterocycles. The van der Waals surface area contributed by atoms with Crippen molar-refractivity contribution >= 4 is 22.7 Å². The van der Waals surface area contributed by atoms with Crippen LogP contribution in [-0.2, 0) is 0 Å². The summed E-state index contributed by atoms with van der Waals surface area (Å²) in [6.45, 7) is 0.605. The van der Waals surface area contributed by atoms with E-state index in [1.807, 2.05) is 24.3 Å². The van der Waals surface area contributed by atoms with Crippen molar-refractivity contribution in [1.29, 1.82) is 0 Å². The summed E-state index contributed by atoms with van der Waals surface area (Å²) < 4.78 is 0. The summed E-state index contributed by atoms with van der Waals surface area (Å²) in [6.07, 6.45) is 1.60. The Morgan fingerprint density at radius 2 is 1.56 bits per heavy atom. The van der Waals surface area contributed by atoms with Gasteiger partial charge in [-0.3, -0.25) is 14.6 Å². The molecule has 25 heavy (non-hydrogen) atoms. The lowest BCUT2D eigenvalue weighted by molar-refractivity contribution is 0.0928. The summed E-state index contributed by atoms with van der Waals surface area (Å²) in [6, 6.07) is 15.1. The van der Waals surface area contributed by atoms with Crippen molar-refractivity contribution in [2.45, 2.75) is 0 Å². The number of amides is 2. The van der Waals surface area contributed by atoms with Crippen LogP contribution in [0.2, 0.25) is 0 Å². The number of aromatic nitrogens is 1. The Balaban J connectivity index is 1.54. The normalized spacial score (nSPS) is 10.4. The van der Waals surface area contributed by atoms with Gasteiger partial charge < -0.3 is 15.7 Å². The maximum atomic E-state index is 12.3. The zero-order chi connectivity index (χ0) is 17.6. The van der Waals surface area contributed by atoms with Crippen LogP contribution < -0.4 is 10.6 Å². The van der Waals surface area contributed by atoms with Crippen LogP contribution in [0.4, 0.5) is 0 Å². The van der Waals surface area contributed by atoms with Crippen LogP contribution in [0, 0.1) is 0 Å². The molecule has 0 aliphatic carbocycles. The van der Waals surface area contributed by atoms with Crippen LogP contribution in [0.25, 0.3) is 10.9 Å². The fraction of sp³-hybridized carbons (Fsp3) is 0.105. The lowest BCUT2D eigenvalue weighted by Crippen LogP contribution is -2.34. The molecule has 1 heterocycles. The van der Waals surface area contributed by atoms with E-state index in [-0.39, 0.29) is 17.6 Å². The number of fused-ring (bicyclic) bond motifs is 1. The monoisotopic (exact) mass is 335 g/mol. The molecule has 2 aromatic carbocycles. The summed E-state index contributed by atoms with van der Waals surface area (Å²) in [7, 11) is 0. The fourth-order valence-corrected chi connectivity index (χ4v) is 2.46. The van der Waals surface area contributed by atoms with Gasteiger partial charge in [0.25, 0.3) is 11.8 Å². The first-order chi connectivity index (χ1) is 12.1. The lowest BCUT2D eigenvalue weighted by atomic mass is 10.1. The number of hydrogen-bond acceptors (Lipinski definition) is 4. The second-order valence-electron chi connectivity index (χ2n) is 5.43. The third kappa shape index (κ3) is 3.92. The Morgan fingerprint density at radius 3 is 2.32 bits per heavy atom. The first-order valence-corrected chi connectivity index (χ1v) is 7.84. The first kappa shape index (κ1) is 16.4. The van der Waals surface area contributed by atoms with Crippen molar-refractivity contribution in [3.63, 3.8) is 0 Å². The number of aromatic hydroxyl groups is 1. The van der Waals surface area contributed by atoms with Gasteiger partial charge in [-0.1, -0.05) is 18.2 Å². The fourth-order valence-electron chi connectivity index (χ4n) is 2.46. The topological polar surface area (TPSA) is 91.3 Å². The molecular weight excluding hydrogens is 318 g/mol. The van der Waals surface area contributed by atoms with E-state index in [2.05, 4.69) is 15.6 Å². The molecule has 2 amide bonds. The molecule has 0 bridgehead atoms. The molecule has 0 aliphatic heterocycles. The van der Waals surface area contributed by atoms with E-state index in [4.69, 9.17) is 0 Å². The van der Waals surface area contributed by atoms with E-state index < -0.39 is 0 Å². The number of nitrogens with zero attached hydrogens (tertiary/aromatic N) is 1. The number of hydrogen-bond donors (Lipinski definition) is 3. The molecule has 0 unspecified atom stereocenters. The number of rotatable bonds is 5. The number of benzene rings is 2. The summed E-state index contributed by atoms with van der Waals surface area (Å²) in [4.78, 5) is 28.5. The average molecular weight is 335 g/mol. The molecule has 0 saturated carbocycles. The van der Waals surface area contributed by atoms with Crippen molar-refractivity contribution in [3.8, 4) is 5.75 Å². The van der Waals surface area contributed by atoms with E-state index in [1.54, 1.807) is 12.3 Å². The second-order valence-corrected chi connectivity index (χ2v) is 5.43. The number of carbonyl (C=O) groups excluding carboxylic acids is 2. The smallest absolute Gasteiger partial charge is 0.252 e. The predicted octanol–water partition coefficient (Wildman–Crippen LogP) is 2.10. The van der Waals surface area contributed by atoms with Crippen molar-refractivity contribution < 1.29 is 14.7 Å². The highest BCUT2D eigenvalue weighted by Gasteiger charge is 2.10. The lowest BCUT2D eigenvalue weighted by Gasteiger charge is -2.09. The molecule has 126 valence electrons. The van der Waals surface area contributed by atoms with Gasteiger partial charge in [0, 0.05) is 30.2 Å². The third-order valence-electron chi connectivity index (χ3n) is 3.72. The highest BCUT2D eigenvalue weighted by molar-refractivity contribution is 6.06.